The van der Waals surface area contributed by atoms with Crippen molar-refractivity contribution in [3.63, 3.8) is 0 Å². The van der Waals surface area contributed by atoms with Crippen molar-refractivity contribution in [2.24, 2.45) is 16.7 Å². The SMILES string of the molecule is CC(=O)O[C@H]1C[C@@H](C)[C@]23CC(=O)O[C@@H](C2)[C@](C)(O)[C@@](C)(COC(=O)c2ccccc2)[C@@]13O. The molecule has 1 aliphatic heterocycles. The van der Waals surface area contributed by atoms with Gasteiger partial charge >= 0.3 is 17.9 Å². The molecule has 32 heavy (non-hydrogen) atoms. The Hall–Kier alpha value is -2.45. The van der Waals surface area contributed by atoms with E-state index in [0.29, 0.717) is 12.0 Å². The minimum Gasteiger partial charge on any atom is -0.461 e. The minimum atomic E-state index is -1.83. The summed E-state index contributed by atoms with van der Waals surface area (Å²) in [5, 5.41) is 24.1. The Bertz CT molecular complexity index is 943. The maximum atomic E-state index is 12.7. The summed E-state index contributed by atoms with van der Waals surface area (Å²) in [5.74, 6) is -1.90. The van der Waals surface area contributed by atoms with Crippen LogP contribution in [0.4, 0.5) is 0 Å². The predicted molar refractivity (Wildman–Crippen MR) is 111 cm³/mol. The molecule has 2 saturated carbocycles. The molecule has 1 spiro atoms. The van der Waals surface area contributed by atoms with Crippen LogP contribution in [0.3, 0.4) is 0 Å². The molecule has 0 unspecified atom stereocenters. The van der Waals surface area contributed by atoms with Gasteiger partial charge in [0.25, 0.3) is 0 Å². The summed E-state index contributed by atoms with van der Waals surface area (Å²) in [5.41, 5.74) is -5.76. The van der Waals surface area contributed by atoms with Crippen LogP contribution >= 0.6 is 0 Å². The standard InChI is InChI=1S/C24H30O8/c1-14-10-17(31-15(2)25)24(29)21(3,13-30-20(27)16-8-6-5-7-9-16)22(4,28)18-11-23(14,24)12-19(26)32-18/h5-9,14,17-18,28-29H,10-13H2,1-4H3/t14-,17+,18+,21-,22+,23-,24+/m1/s1. The first kappa shape index (κ1) is 22.7. The molecule has 8 nitrogen and oxygen atoms in total. The summed E-state index contributed by atoms with van der Waals surface area (Å²) in [7, 11) is 0. The molecule has 1 aromatic carbocycles. The van der Waals surface area contributed by atoms with E-state index in [0.717, 1.165) is 0 Å². The lowest BCUT2D eigenvalue weighted by Crippen LogP contribution is -2.79. The summed E-state index contributed by atoms with van der Waals surface area (Å²) in [6, 6.07) is 8.40. The molecule has 0 radical (unpaired) electrons. The van der Waals surface area contributed by atoms with E-state index in [2.05, 4.69) is 0 Å². The Kier molecular flexibility index (Phi) is 5.17. The van der Waals surface area contributed by atoms with Crippen molar-refractivity contribution in [1.29, 1.82) is 0 Å². The van der Waals surface area contributed by atoms with Crippen LogP contribution < -0.4 is 0 Å². The quantitative estimate of drug-likeness (QED) is 0.533. The second-order valence-electron chi connectivity index (χ2n) is 9.94. The van der Waals surface area contributed by atoms with Crippen molar-refractivity contribution >= 4 is 17.9 Å². The Balaban J connectivity index is 1.80. The number of hydrogen-bond donors (Lipinski definition) is 2. The monoisotopic (exact) mass is 446 g/mol. The van der Waals surface area contributed by atoms with Gasteiger partial charge in [-0.1, -0.05) is 32.0 Å². The number of rotatable bonds is 4. The van der Waals surface area contributed by atoms with Gasteiger partial charge in [-0.25, -0.2) is 4.79 Å². The van der Waals surface area contributed by atoms with Crippen LogP contribution in [-0.4, -0.2) is 58.1 Å². The van der Waals surface area contributed by atoms with Crippen LogP contribution in [0, 0.1) is 16.7 Å². The van der Waals surface area contributed by atoms with E-state index >= 15 is 0 Å². The van der Waals surface area contributed by atoms with Crippen molar-refractivity contribution < 1.29 is 38.8 Å². The van der Waals surface area contributed by atoms with Crippen molar-refractivity contribution in [2.45, 2.75) is 70.4 Å². The molecule has 2 aliphatic carbocycles. The molecule has 7 atom stereocenters. The number of benzene rings is 1. The fourth-order valence-electron chi connectivity index (χ4n) is 6.40. The molecule has 1 saturated heterocycles. The summed E-state index contributed by atoms with van der Waals surface area (Å²) in [6.07, 6.45) is -1.41. The predicted octanol–water partition coefficient (Wildman–Crippen LogP) is 2.01. The average molecular weight is 446 g/mol. The Morgan fingerprint density at radius 3 is 2.47 bits per heavy atom. The topological polar surface area (TPSA) is 119 Å². The third-order valence-corrected chi connectivity index (χ3v) is 8.41. The highest BCUT2D eigenvalue weighted by atomic mass is 16.6. The highest BCUT2D eigenvalue weighted by molar-refractivity contribution is 5.89. The van der Waals surface area contributed by atoms with E-state index < -0.39 is 52.1 Å². The van der Waals surface area contributed by atoms with Crippen molar-refractivity contribution in [2.75, 3.05) is 6.61 Å². The zero-order valence-corrected chi connectivity index (χ0v) is 18.8. The lowest BCUT2D eigenvalue weighted by molar-refractivity contribution is -0.337. The number of aliphatic hydroxyl groups is 2. The van der Waals surface area contributed by atoms with Crippen LogP contribution in [0.5, 0.6) is 0 Å². The summed E-state index contributed by atoms with van der Waals surface area (Å²) >= 11 is 0. The molecule has 2 N–H and O–H groups in total. The fourth-order valence-corrected chi connectivity index (χ4v) is 6.40. The normalized spacial score (nSPS) is 42.6. The molecule has 2 bridgehead atoms. The van der Waals surface area contributed by atoms with E-state index in [9.17, 15) is 24.6 Å². The van der Waals surface area contributed by atoms with Crippen molar-refractivity contribution in [3.8, 4) is 0 Å². The number of carbonyl (C=O) groups excluding carboxylic acids is 3. The number of fused-ring (bicyclic) bond motifs is 1. The van der Waals surface area contributed by atoms with Crippen LogP contribution in [0.1, 0.15) is 57.3 Å². The summed E-state index contributed by atoms with van der Waals surface area (Å²) < 4.78 is 16.7. The van der Waals surface area contributed by atoms with E-state index in [1.807, 2.05) is 6.92 Å². The molecule has 174 valence electrons. The Morgan fingerprint density at radius 1 is 1.19 bits per heavy atom. The van der Waals surface area contributed by atoms with Crippen molar-refractivity contribution in [3.05, 3.63) is 35.9 Å². The largest absolute Gasteiger partial charge is 0.461 e. The first-order valence-corrected chi connectivity index (χ1v) is 10.9. The van der Waals surface area contributed by atoms with E-state index in [1.54, 1.807) is 37.3 Å². The fraction of sp³-hybridized carbons (Fsp3) is 0.625. The highest BCUT2D eigenvalue weighted by Crippen LogP contribution is 2.70. The van der Waals surface area contributed by atoms with Crippen LogP contribution in [0.15, 0.2) is 30.3 Å². The van der Waals surface area contributed by atoms with Gasteiger partial charge in [0.05, 0.1) is 17.4 Å². The van der Waals surface area contributed by atoms with E-state index in [-0.39, 0.29) is 25.4 Å². The molecule has 0 amide bonds. The van der Waals surface area contributed by atoms with Gasteiger partial charge in [0.1, 0.15) is 30.0 Å². The summed E-state index contributed by atoms with van der Waals surface area (Å²) in [4.78, 5) is 37.2. The summed E-state index contributed by atoms with van der Waals surface area (Å²) in [6.45, 7) is 5.89. The molecular formula is C24H30O8. The maximum Gasteiger partial charge on any atom is 0.338 e. The number of carbonyl (C=O) groups is 3. The Morgan fingerprint density at radius 2 is 1.84 bits per heavy atom. The molecule has 3 fully saturated rings. The maximum absolute atomic E-state index is 12.7. The smallest absolute Gasteiger partial charge is 0.338 e. The van der Waals surface area contributed by atoms with Gasteiger partial charge in [0.15, 0.2) is 0 Å². The lowest BCUT2D eigenvalue weighted by atomic mass is 9.44. The van der Waals surface area contributed by atoms with Gasteiger partial charge in [0, 0.05) is 12.3 Å². The molecule has 1 heterocycles. The van der Waals surface area contributed by atoms with Gasteiger partial charge < -0.3 is 24.4 Å². The van der Waals surface area contributed by atoms with Crippen LogP contribution in [0.2, 0.25) is 0 Å². The second kappa shape index (κ2) is 7.28. The number of hydrogen-bond acceptors (Lipinski definition) is 8. The lowest BCUT2D eigenvalue weighted by Gasteiger charge is -2.66. The minimum absolute atomic E-state index is 0.0722. The number of esters is 3. The molecule has 8 heteroatoms. The van der Waals surface area contributed by atoms with E-state index in [1.165, 1.54) is 13.8 Å². The molecule has 0 aromatic heterocycles. The van der Waals surface area contributed by atoms with Gasteiger partial charge in [0.2, 0.25) is 0 Å². The third-order valence-electron chi connectivity index (χ3n) is 8.41. The highest BCUT2D eigenvalue weighted by Gasteiger charge is 2.81. The van der Waals surface area contributed by atoms with E-state index in [4.69, 9.17) is 14.2 Å². The number of ether oxygens (including phenoxy) is 3. The first-order valence-electron chi connectivity index (χ1n) is 10.9. The molecule has 1 aromatic rings. The van der Waals surface area contributed by atoms with Gasteiger partial charge in [-0.3, -0.25) is 9.59 Å². The van der Waals surface area contributed by atoms with Gasteiger partial charge in [-0.05, 0) is 37.8 Å². The zero-order valence-electron chi connectivity index (χ0n) is 18.8. The third kappa shape index (κ3) is 2.85. The van der Waals surface area contributed by atoms with Crippen LogP contribution in [-0.2, 0) is 23.8 Å². The molecule has 3 aliphatic rings. The average Bonchev–Trinajstić information content (AvgIpc) is 2.93. The van der Waals surface area contributed by atoms with Gasteiger partial charge in [-0.15, -0.1) is 0 Å². The second-order valence-corrected chi connectivity index (χ2v) is 9.94. The van der Waals surface area contributed by atoms with Gasteiger partial charge in [-0.2, -0.15) is 0 Å². The first-order chi connectivity index (χ1) is 14.9. The zero-order chi connectivity index (χ0) is 23.5. The van der Waals surface area contributed by atoms with Crippen LogP contribution in [0.25, 0.3) is 0 Å². The molecular weight excluding hydrogens is 416 g/mol. The molecule has 4 rings (SSSR count). The Labute approximate surface area is 186 Å². The van der Waals surface area contributed by atoms with Crippen molar-refractivity contribution in [1.82, 2.24) is 0 Å².